The number of likely N-dealkylation sites (N-methyl/N-ethyl adjacent to an activating group) is 1. The highest BCUT2D eigenvalue weighted by Gasteiger charge is 2.29. The minimum atomic E-state index is 0. The summed E-state index contributed by atoms with van der Waals surface area (Å²) in [5.41, 5.74) is 0.547. The van der Waals surface area contributed by atoms with E-state index in [1.54, 1.807) is 17.1 Å². The third kappa shape index (κ3) is 2.98. The number of carbonyl (C=O) groups excluding carboxylic acids is 1. The number of aromatic nitrogens is 2. The lowest BCUT2D eigenvalue weighted by molar-refractivity contribution is 0.0731. The zero-order chi connectivity index (χ0) is 11.5. The first-order valence-electron chi connectivity index (χ1n) is 5.66. The van der Waals surface area contributed by atoms with Gasteiger partial charge in [0.15, 0.2) is 0 Å². The molecule has 1 N–H and O–H groups in total. The summed E-state index contributed by atoms with van der Waals surface area (Å²) in [6.45, 7) is 1.71. The summed E-state index contributed by atoms with van der Waals surface area (Å²) in [5, 5.41) is 3.13. The first-order valence-corrected chi connectivity index (χ1v) is 5.66. The van der Waals surface area contributed by atoms with Crippen molar-refractivity contribution in [1.29, 1.82) is 0 Å². The van der Waals surface area contributed by atoms with Gasteiger partial charge in [-0.05, 0) is 19.9 Å². The molecule has 2 heterocycles. The molecular formula is C11H19ClN4O. The molecule has 1 aromatic rings. The van der Waals surface area contributed by atoms with Crippen LogP contribution in [0.5, 0.6) is 0 Å². The third-order valence-electron chi connectivity index (χ3n) is 3.00. The van der Waals surface area contributed by atoms with Crippen molar-refractivity contribution in [3.63, 3.8) is 0 Å². The van der Waals surface area contributed by atoms with Crippen LogP contribution < -0.4 is 5.32 Å². The van der Waals surface area contributed by atoms with E-state index in [4.69, 9.17) is 0 Å². The SMILES string of the molecule is CNCC1CCCN1C(=O)c1cn(C)cn1.Cl. The number of hydrogen-bond acceptors (Lipinski definition) is 3. The van der Waals surface area contributed by atoms with Gasteiger partial charge in [0.2, 0.25) is 0 Å². The summed E-state index contributed by atoms with van der Waals surface area (Å²) in [7, 11) is 3.79. The molecule has 0 spiro atoms. The highest BCUT2D eigenvalue weighted by atomic mass is 35.5. The normalized spacial score (nSPS) is 19.2. The van der Waals surface area contributed by atoms with Crippen molar-refractivity contribution in [2.75, 3.05) is 20.1 Å². The number of rotatable bonds is 3. The number of nitrogens with one attached hydrogen (secondary N) is 1. The van der Waals surface area contributed by atoms with Crippen LogP contribution in [0.25, 0.3) is 0 Å². The molecule has 1 amide bonds. The molecule has 1 aliphatic heterocycles. The van der Waals surface area contributed by atoms with Gasteiger partial charge in [-0.2, -0.15) is 0 Å². The molecule has 1 atom stereocenters. The topological polar surface area (TPSA) is 50.2 Å². The molecule has 1 aromatic heterocycles. The molecule has 1 fully saturated rings. The lowest BCUT2D eigenvalue weighted by Gasteiger charge is -2.23. The second-order valence-corrected chi connectivity index (χ2v) is 4.28. The van der Waals surface area contributed by atoms with Gasteiger partial charge in [-0.15, -0.1) is 12.4 Å². The van der Waals surface area contributed by atoms with Crippen LogP contribution in [-0.4, -0.2) is 46.5 Å². The zero-order valence-corrected chi connectivity index (χ0v) is 11.0. The van der Waals surface area contributed by atoms with Crippen LogP contribution in [0.15, 0.2) is 12.5 Å². The summed E-state index contributed by atoms with van der Waals surface area (Å²) >= 11 is 0. The molecule has 17 heavy (non-hydrogen) atoms. The molecule has 2 rings (SSSR count). The number of hydrogen-bond donors (Lipinski definition) is 1. The highest BCUT2D eigenvalue weighted by molar-refractivity contribution is 5.92. The van der Waals surface area contributed by atoms with E-state index in [0.29, 0.717) is 11.7 Å². The first-order chi connectivity index (χ1) is 7.72. The van der Waals surface area contributed by atoms with Crippen molar-refractivity contribution < 1.29 is 4.79 Å². The molecule has 0 saturated carbocycles. The zero-order valence-electron chi connectivity index (χ0n) is 10.2. The fourth-order valence-electron chi connectivity index (χ4n) is 2.22. The largest absolute Gasteiger partial charge is 0.340 e. The van der Waals surface area contributed by atoms with Crippen molar-refractivity contribution in [1.82, 2.24) is 19.8 Å². The van der Waals surface area contributed by atoms with Crippen LogP contribution >= 0.6 is 12.4 Å². The molecule has 1 saturated heterocycles. The van der Waals surface area contributed by atoms with Crippen molar-refractivity contribution in [2.24, 2.45) is 7.05 Å². The van der Waals surface area contributed by atoms with E-state index in [0.717, 1.165) is 25.9 Å². The van der Waals surface area contributed by atoms with Crippen LogP contribution in [0.1, 0.15) is 23.3 Å². The Balaban J connectivity index is 0.00000144. The minimum Gasteiger partial charge on any atom is -0.340 e. The molecule has 0 bridgehead atoms. The van der Waals surface area contributed by atoms with Crippen molar-refractivity contribution in [3.8, 4) is 0 Å². The summed E-state index contributed by atoms with van der Waals surface area (Å²) in [5.74, 6) is 0.0540. The summed E-state index contributed by atoms with van der Waals surface area (Å²) in [4.78, 5) is 18.2. The number of aryl methyl sites for hydroxylation is 1. The first kappa shape index (κ1) is 14.0. The second-order valence-electron chi connectivity index (χ2n) is 4.28. The Bertz CT molecular complexity index is 379. The number of nitrogens with zero attached hydrogens (tertiary/aromatic N) is 3. The van der Waals surface area contributed by atoms with Crippen LogP contribution in [0.2, 0.25) is 0 Å². The van der Waals surface area contributed by atoms with Gasteiger partial charge in [0.1, 0.15) is 5.69 Å². The standard InChI is InChI=1S/C11H18N4O.ClH/c1-12-6-9-4-3-5-15(9)11(16)10-7-14(2)8-13-10;/h7-9,12H,3-6H2,1-2H3;1H. The Morgan fingerprint density at radius 1 is 1.65 bits per heavy atom. The van der Waals surface area contributed by atoms with Gasteiger partial charge in [0.05, 0.1) is 6.33 Å². The van der Waals surface area contributed by atoms with Gasteiger partial charge in [-0.25, -0.2) is 4.98 Å². The second kappa shape index (κ2) is 6.02. The van der Waals surface area contributed by atoms with E-state index in [-0.39, 0.29) is 18.3 Å². The summed E-state index contributed by atoms with van der Waals surface area (Å²) < 4.78 is 1.80. The Kier molecular flexibility index (Phi) is 4.96. The van der Waals surface area contributed by atoms with E-state index in [9.17, 15) is 4.79 Å². The lowest BCUT2D eigenvalue weighted by Crippen LogP contribution is -2.40. The minimum absolute atomic E-state index is 0. The average molecular weight is 259 g/mol. The van der Waals surface area contributed by atoms with Crippen molar-refractivity contribution >= 4 is 18.3 Å². The van der Waals surface area contributed by atoms with Crippen LogP contribution in [0.4, 0.5) is 0 Å². The van der Waals surface area contributed by atoms with E-state index < -0.39 is 0 Å². The number of likely N-dealkylation sites (tertiary alicyclic amines) is 1. The third-order valence-corrected chi connectivity index (χ3v) is 3.00. The Hall–Kier alpha value is -1.07. The monoisotopic (exact) mass is 258 g/mol. The smallest absolute Gasteiger partial charge is 0.274 e. The average Bonchev–Trinajstić information content (AvgIpc) is 2.87. The predicted octanol–water partition coefficient (Wildman–Crippen LogP) is 0.666. The van der Waals surface area contributed by atoms with Gasteiger partial charge >= 0.3 is 0 Å². The van der Waals surface area contributed by atoms with Gasteiger partial charge in [0.25, 0.3) is 5.91 Å². The molecular weight excluding hydrogens is 240 g/mol. The maximum atomic E-state index is 12.2. The fraction of sp³-hybridized carbons (Fsp3) is 0.636. The molecule has 0 radical (unpaired) electrons. The lowest BCUT2D eigenvalue weighted by atomic mass is 10.2. The molecule has 1 aliphatic rings. The fourth-order valence-corrected chi connectivity index (χ4v) is 2.22. The predicted molar refractivity (Wildman–Crippen MR) is 68.4 cm³/mol. The van der Waals surface area contributed by atoms with Gasteiger partial charge < -0.3 is 14.8 Å². The molecule has 0 aromatic carbocycles. The molecule has 1 unspecified atom stereocenters. The number of carbonyl (C=O) groups is 1. The quantitative estimate of drug-likeness (QED) is 0.867. The Morgan fingerprint density at radius 2 is 2.41 bits per heavy atom. The van der Waals surface area contributed by atoms with Gasteiger partial charge in [-0.3, -0.25) is 4.79 Å². The van der Waals surface area contributed by atoms with Crippen LogP contribution in [-0.2, 0) is 7.05 Å². The van der Waals surface area contributed by atoms with E-state index in [1.807, 2.05) is 19.0 Å². The number of imidazole rings is 1. The highest BCUT2D eigenvalue weighted by Crippen LogP contribution is 2.18. The van der Waals surface area contributed by atoms with Gasteiger partial charge in [-0.1, -0.05) is 0 Å². The molecule has 96 valence electrons. The van der Waals surface area contributed by atoms with Crippen LogP contribution in [0.3, 0.4) is 0 Å². The molecule has 6 heteroatoms. The maximum absolute atomic E-state index is 12.2. The van der Waals surface area contributed by atoms with E-state index in [2.05, 4.69) is 10.3 Å². The molecule has 0 aliphatic carbocycles. The van der Waals surface area contributed by atoms with Crippen LogP contribution in [0, 0.1) is 0 Å². The number of amides is 1. The van der Waals surface area contributed by atoms with Gasteiger partial charge in [0, 0.05) is 32.4 Å². The molecule has 5 nitrogen and oxygen atoms in total. The van der Waals surface area contributed by atoms with E-state index in [1.165, 1.54) is 0 Å². The maximum Gasteiger partial charge on any atom is 0.274 e. The Morgan fingerprint density at radius 3 is 3.00 bits per heavy atom. The summed E-state index contributed by atoms with van der Waals surface area (Å²) in [6.07, 6.45) is 5.61. The summed E-state index contributed by atoms with van der Waals surface area (Å²) in [6, 6.07) is 0.319. The number of halogens is 1. The van der Waals surface area contributed by atoms with Crippen molar-refractivity contribution in [3.05, 3.63) is 18.2 Å². The van der Waals surface area contributed by atoms with E-state index >= 15 is 0 Å². The van der Waals surface area contributed by atoms with Crippen molar-refractivity contribution in [2.45, 2.75) is 18.9 Å². The Labute approximate surface area is 108 Å².